The molecule has 104 valence electrons. The van der Waals surface area contributed by atoms with Crippen LogP contribution in [0.5, 0.6) is 5.75 Å². The molecule has 1 aromatic carbocycles. The molecule has 1 unspecified atom stereocenters. The van der Waals surface area contributed by atoms with Crippen molar-refractivity contribution in [1.82, 2.24) is 0 Å². The molecule has 1 N–H and O–H groups in total. The number of fused-ring (bicyclic) bond motifs is 1. The SMILES string of the molecule is OC1(c2cccc(OC3CC3)c2)CCCc2occc21. The van der Waals surface area contributed by atoms with Crippen LogP contribution >= 0.6 is 0 Å². The van der Waals surface area contributed by atoms with E-state index in [-0.39, 0.29) is 0 Å². The molecule has 1 saturated carbocycles. The predicted octanol–water partition coefficient (Wildman–Crippen LogP) is 3.39. The number of rotatable bonds is 3. The fourth-order valence-electron chi connectivity index (χ4n) is 3.05. The lowest BCUT2D eigenvalue weighted by molar-refractivity contribution is 0.0586. The molecule has 4 rings (SSSR count). The van der Waals surface area contributed by atoms with Crippen LogP contribution in [0.2, 0.25) is 0 Å². The first kappa shape index (κ1) is 12.0. The second-order valence-electron chi connectivity index (χ2n) is 5.82. The van der Waals surface area contributed by atoms with Crippen LogP contribution in [-0.4, -0.2) is 11.2 Å². The zero-order valence-corrected chi connectivity index (χ0v) is 11.3. The van der Waals surface area contributed by atoms with Gasteiger partial charge in [0.2, 0.25) is 0 Å². The summed E-state index contributed by atoms with van der Waals surface area (Å²) >= 11 is 0. The molecule has 0 radical (unpaired) electrons. The lowest BCUT2D eigenvalue weighted by Crippen LogP contribution is -2.31. The highest BCUT2D eigenvalue weighted by atomic mass is 16.5. The minimum atomic E-state index is -0.941. The molecule has 1 atom stereocenters. The van der Waals surface area contributed by atoms with Crippen molar-refractivity contribution >= 4 is 0 Å². The summed E-state index contributed by atoms with van der Waals surface area (Å²) in [5.74, 6) is 1.77. The number of benzene rings is 1. The average molecular weight is 270 g/mol. The van der Waals surface area contributed by atoms with E-state index in [1.54, 1.807) is 6.26 Å². The van der Waals surface area contributed by atoms with Crippen LogP contribution in [0.25, 0.3) is 0 Å². The highest BCUT2D eigenvalue weighted by molar-refractivity contribution is 5.42. The molecule has 3 nitrogen and oxygen atoms in total. The van der Waals surface area contributed by atoms with Gasteiger partial charge in [0.1, 0.15) is 17.1 Å². The van der Waals surface area contributed by atoms with E-state index in [1.165, 1.54) is 0 Å². The highest BCUT2D eigenvalue weighted by Crippen LogP contribution is 2.42. The number of hydrogen-bond acceptors (Lipinski definition) is 3. The topological polar surface area (TPSA) is 42.6 Å². The molecular weight excluding hydrogens is 252 g/mol. The molecular formula is C17H18O3. The Hall–Kier alpha value is -1.74. The zero-order valence-electron chi connectivity index (χ0n) is 11.3. The van der Waals surface area contributed by atoms with Crippen molar-refractivity contribution in [3.63, 3.8) is 0 Å². The van der Waals surface area contributed by atoms with Crippen molar-refractivity contribution in [1.29, 1.82) is 0 Å². The van der Waals surface area contributed by atoms with E-state index in [4.69, 9.17) is 9.15 Å². The Morgan fingerprint density at radius 3 is 3.00 bits per heavy atom. The van der Waals surface area contributed by atoms with Crippen molar-refractivity contribution in [2.75, 3.05) is 0 Å². The van der Waals surface area contributed by atoms with E-state index < -0.39 is 5.60 Å². The molecule has 2 aromatic rings. The Morgan fingerprint density at radius 1 is 1.25 bits per heavy atom. The number of aliphatic hydroxyl groups is 1. The molecule has 0 amide bonds. The van der Waals surface area contributed by atoms with Gasteiger partial charge in [-0.05, 0) is 49.4 Å². The van der Waals surface area contributed by atoms with Crippen LogP contribution in [-0.2, 0) is 12.0 Å². The van der Waals surface area contributed by atoms with E-state index in [0.717, 1.165) is 54.7 Å². The first-order valence-corrected chi connectivity index (χ1v) is 7.32. The van der Waals surface area contributed by atoms with E-state index in [0.29, 0.717) is 6.10 Å². The molecule has 1 heterocycles. The molecule has 0 spiro atoms. The van der Waals surface area contributed by atoms with Gasteiger partial charge in [-0.1, -0.05) is 12.1 Å². The molecule has 3 heteroatoms. The van der Waals surface area contributed by atoms with Crippen LogP contribution in [0.1, 0.15) is 42.6 Å². The highest BCUT2D eigenvalue weighted by Gasteiger charge is 2.38. The minimum Gasteiger partial charge on any atom is -0.490 e. The van der Waals surface area contributed by atoms with E-state index >= 15 is 0 Å². The predicted molar refractivity (Wildman–Crippen MR) is 74.7 cm³/mol. The van der Waals surface area contributed by atoms with E-state index in [2.05, 4.69) is 0 Å². The fraction of sp³-hybridized carbons (Fsp3) is 0.412. The molecule has 0 bridgehead atoms. The number of ether oxygens (including phenoxy) is 1. The summed E-state index contributed by atoms with van der Waals surface area (Å²) in [6.45, 7) is 0. The van der Waals surface area contributed by atoms with Crippen LogP contribution < -0.4 is 4.74 Å². The number of furan rings is 1. The van der Waals surface area contributed by atoms with Crippen LogP contribution in [0.15, 0.2) is 41.0 Å². The van der Waals surface area contributed by atoms with Crippen molar-refractivity contribution in [3.8, 4) is 5.75 Å². The van der Waals surface area contributed by atoms with Crippen molar-refractivity contribution < 1.29 is 14.3 Å². The third-order valence-corrected chi connectivity index (χ3v) is 4.27. The first-order chi connectivity index (χ1) is 9.75. The zero-order chi connectivity index (χ0) is 13.6. The average Bonchev–Trinajstić information content (AvgIpc) is 3.13. The number of hydrogen-bond donors (Lipinski definition) is 1. The lowest BCUT2D eigenvalue weighted by Gasteiger charge is -2.32. The monoisotopic (exact) mass is 270 g/mol. The van der Waals surface area contributed by atoms with Gasteiger partial charge in [0, 0.05) is 12.0 Å². The van der Waals surface area contributed by atoms with Crippen LogP contribution in [0.3, 0.4) is 0 Å². The summed E-state index contributed by atoms with van der Waals surface area (Å²) in [4.78, 5) is 0. The molecule has 1 aromatic heterocycles. The van der Waals surface area contributed by atoms with Crippen LogP contribution in [0, 0.1) is 0 Å². The van der Waals surface area contributed by atoms with Gasteiger partial charge >= 0.3 is 0 Å². The number of aryl methyl sites for hydroxylation is 1. The van der Waals surface area contributed by atoms with Gasteiger partial charge in [-0.3, -0.25) is 0 Å². The van der Waals surface area contributed by atoms with Crippen molar-refractivity contribution in [2.45, 2.75) is 43.8 Å². The van der Waals surface area contributed by atoms with Gasteiger partial charge in [-0.2, -0.15) is 0 Å². The Kier molecular flexibility index (Phi) is 2.64. The van der Waals surface area contributed by atoms with Gasteiger partial charge in [0.25, 0.3) is 0 Å². The molecule has 2 aliphatic rings. The van der Waals surface area contributed by atoms with Crippen molar-refractivity contribution in [3.05, 3.63) is 53.5 Å². The molecule has 0 aliphatic heterocycles. The van der Waals surface area contributed by atoms with Gasteiger partial charge in [-0.25, -0.2) is 0 Å². The summed E-state index contributed by atoms with van der Waals surface area (Å²) in [5, 5.41) is 11.1. The van der Waals surface area contributed by atoms with Crippen LogP contribution in [0.4, 0.5) is 0 Å². The molecule has 2 aliphatic carbocycles. The minimum absolute atomic E-state index is 0.371. The molecule has 20 heavy (non-hydrogen) atoms. The summed E-state index contributed by atoms with van der Waals surface area (Å²) in [5.41, 5.74) is 0.870. The normalized spacial score (nSPS) is 25.2. The van der Waals surface area contributed by atoms with Gasteiger partial charge in [0.15, 0.2) is 0 Å². The third kappa shape index (κ3) is 1.93. The Morgan fingerprint density at radius 2 is 2.15 bits per heavy atom. The third-order valence-electron chi connectivity index (χ3n) is 4.27. The second kappa shape index (κ2) is 4.38. The second-order valence-corrected chi connectivity index (χ2v) is 5.82. The maximum atomic E-state index is 11.1. The summed E-state index contributed by atoms with van der Waals surface area (Å²) in [6, 6.07) is 9.76. The summed E-state index contributed by atoms with van der Waals surface area (Å²) in [6.07, 6.45) is 6.89. The Balaban J connectivity index is 1.73. The standard InChI is InChI=1S/C17H18O3/c18-17(9-2-5-16-15(17)8-10-19-16)12-3-1-4-14(11-12)20-13-6-7-13/h1,3-4,8,10-11,13,18H,2,5-7,9H2. The van der Waals surface area contributed by atoms with Gasteiger partial charge in [0.05, 0.1) is 12.4 Å². The maximum Gasteiger partial charge on any atom is 0.120 e. The Labute approximate surface area is 118 Å². The maximum absolute atomic E-state index is 11.1. The molecule has 1 fully saturated rings. The van der Waals surface area contributed by atoms with Crippen molar-refractivity contribution in [2.24, 2.45) is 0 Å². The van der Waals surface area contributed by atoms with E-state index in [9.17, 15) is 5.11 Å². The fourth-order valence-corrected chi connectivity index (χ4v) is 3.05. The summed E-state index contributed by atoms with van der Waals surface area (Å²) < 4.78 is 11.3. The first-order valence-electron chi connectivity index (χ1n) is 7.32. The quantitative estimate of drug-likeness (QED) is 0.929. The lowest BCUT2D eigenvalue weighted by atomic mass is 9.78. The summed E-state index contributed by atoms with van der Waals surface area (Å²) in [7, 11) is 0. The van der Waals surface area contributed by atoms with Gasteiger partial charge in [-0.15, -0.1) is 0 Å². The van der Waals surface area contributed by atoms with Gasteiger partial charge < -0.3 is 14.3 Å². The largest absolute Gasteiger partial charge is 0.490 e. The van der Waals surface area contributed by atoms with E-state index in [1.807, 2.05) is 30.3 Å². The smallest absolute Gasteiger partial charge is 0.120 e. The molecule has 0 saturated heterocycles. The Bertz CT molecular complexity index is 627.